The Morgan fingerprint density at radius 3 is 1.02 bits per heavy atom. The number of aryl methyl sites for hydroxylation is 1. The summed E-state index contributed by atoms with van der Waals surface area (Å²) in [4.78, 5) is 15.2. The van der Waals surface area contributed by atoms with Crippen molar-refractivity contribution in [3.05, 3.63) is 41.0 Å². The minimum atomic E-state index is -1.68. The van der Waals surface area contributed by atoms with Gasteiger partial charge in [-0.1, -0.05) is 6.07 Å². The van der Waals surface area contributed by atoms with E-state index >= 15 is 0 Å². The van der Waals surface area contributed by atoms with E-state index in [0.29, 0.717) is 42.3 Å². The van der Waals surface area contributed by atoms with E-state index in [0.717, 1.165) is 35.4 Å². The van der Waals surface area contributed by atoms with E-state index in [2.05, 4.69) is 11.9 Å². The Bertz CT molecular complexity index is 2520. The third kappa shape index (κ3) is 24.5. The van der Waals surface area contributed by atoms with Gasteiger partial charge >= 0.3 is 0 Å². The van der Waals surface area contributed by atoms with Crippen molar-refractivity contribution in [3.63, 3.8) is 0 Å². The standard InChI is InChI=1S/C24H29NO6.B68/c1-25-10-9-16-12-21-23(31-14-30-21)24(29-4)22(16)18(25)13-17(26)7-5-15-6-8-19(27-2)20(11-15)28-3;1-36(2)53(35)62(54(37(3)4)38(5)6)66(61(51(31)32)52(33)34)68(65(59(47(23)24)48(25)26)60(49(27)28)50(29)30)67(63(55(39(7)8)40(9)10)56(41(11)12)42(13)14)64(57(43(15)16)44(17)18)58(45(19)20)46(21)22/h6,8,11-12,18H,5,7,9-10,13-14H2,1-4H3;. The van der Waals surface area contributed by atoms with Gasteiger partial charge in [0.1, 0.15) is 5.78 Å². The number of benzene rings is 2. The number of carbonyl (C=O) groups excluding carboxylic acids is 1. The number of hydrogen-bond acceptors (Lipinski definition) is 7. The summed E-state index contributed by atoms with van der Waals surface area (Å²) in [6.07, 6.45) is -48.2. The molecule has 2 aromatic carbocycles. The maximum absolute atomic E-state index is 13.0. The largest absolute Gasteiger partial charge is 0.493 e. The minimum absolute atomic E-state index is 0.0499. The molecule has 0 saturated heterocycles. The first-order valence-electron chi connectivity index (χ1n) is 32.8. The van der Waals surface area contributed by atoms with Gasteiger partial charge in [-0.15, -0.1) is 0 Å². The van der Waals surface area contributed by atoms with Gasteiger partial charge in [0, 0.05) is 512 Å². The highest BCUT2D eigenvalue weighted by Crippen LogP contribution is 2.50. The lowest BCUT2D eigenvalue weighted by Gasteiger charge is -2.60. The number of nitrogens with zero attached hydrogens (tertiary/aromatic N) is 1. The second-order valence-corrected chi connectivity index (χ2v) is 26.9. The molecule has 99 heavy (non-hydrogen) atoms. The van der Waals surface area contributed by atoms with Crippen molar-refractivity contribution in [2.45, 2.75) is 31.7 Å². The Morgan fingerprint density at radius 1 is 0.404 bits per heavy atom. The number of fused-ring (bicyclic) bond motifs is 2. The summed E-state index contributed by atoms with van der Waals surface area (Å²) >= 11 is 0. The summed E-state index contributed by atoms with van der Waals surface area (Å²) in [6, 6.07) is 7.76. The van der Waals surface area contributed by atoms with Gasteiger partial charge in [0.2, 0.25) is 12.5 Å². The number of ketones is 1. The molecule has 0 spiro atoms. The second kappa shape index (κ2) is 43.8. The van der Waals surface area contributed by atoms with Crippen LogP contribution in [0.4, 0.5) is 0 Å². The van der Waals surface area contributed by atoms with Crippen molar-refractivity contribution in [3.8, 4) is 28.7 Å². The molecular formula is C24H29B68NO6. The van der Waals surface area contributed by atoms with Crippen LogP contribution in [0.3, 0.4) is 0 Å². The number of Topliss-reactive ketones (excluding diaryl/α,β-unsaturated/α-hetero) is 1. The van der Waals surface area contributed by atoms with Crippen LogP contribution in [0.25, 0.3) is 0 Å². The lowest BCUT2D eigenvalue weighted by molar-refractivity contribution is -0.120. The molecule has 7 nitrogen and oxygen atoms in total. The van der Waals surface area contributed by atoms with Gasteiger partial charge in [-0.05, 0) is 49.2 Å². The number of hydrogen-bond donors (Lipinski definition) is 0. The highest BCUT2D eigenvalue weighted by Gasteiger charge is 2.64. The molecule has 370 valence electrons. The molecule has 0 aromatic heterocycles. The van der Waals surface area contributed by atoms with Crippen LogP contribution in [-0.2, 0) is 17.6 Å². The van der Waals surface area contributed by atoms with E-state index in [1.165, 1.54) is 0 Å². The van der Waals surface area contributed by atoms with Crippen LogP contribution in [-0.4, -0.2) is 534 Å². The Hall–Kier alpha value is 1.49. The van der Waals surface area contributed by atoms with E-state index < -0.39 is 211 Å². The molecule has 0 amide bonds. The van der Waals surface area contributed by atoms with Gasteiger partial charge in [-0.2, -0.15) is 0 Å². The van der Waals surface area contributed by atoms with Gasteiger partial charge in [0.05, 0.1) is 21.3 Å². The summed E-state index contributed by atoms with van der Waals surface area (Å²) in [5, 5.41) is 0. The molecule has 2 aliphatic rings. The highest BCUT2D eigenvalue weighted by atomic mass is 16.7. The van der Waals surface area contributed by atoms with E-state index in [9.17, 15) is 4.79 Å². The maximum atomic E-state index is 13.0. The number of methoxy groups -OCH3 is 3. The summed E-state index contributed by atoms with van der Waals surface area (Å²) in [5.74, 6) is 3.62. The van der Waals surface area contributed by atoms with Crippen molar-refractivity contribution >= 4 is 487 Å². The van der Waals surface area contributed by atoms with Crippen molar-refractivity contribution in [1.82, 2.24) is 4.90 Å². The van der Waals surface area contributed by atoms with Crippen molar-refractivity contribution < 1.29 is 28.5 Å². The minimum Gasteiger partial charge on any atom is -0.493 e. The molecule has 2 heterocycles. The van der Waals surface area contributed by atoms with E-state index in [1.54, 1.807) is 21.3 Å². The van der Waals surface area contributed by atoms with Gasteiger partial charge in [-0.25, -0.2) is 0 Å². The van der Waals surface area contributed by atoms with Crippen LogP contribution in [0.1, 0.15) is 35.6 Å². The molecule has 0 aliphatic carbocycles. The fourth-order valence-corrected chi connectivity index (χ4v) is 16.2. The van der Waals surface area contributed by atoms with Gasteiger partial charge in [0.25, 0.3) is 0 Å². The first-order valence-corrected chi connectivity index (χ1v) is 32.8. The van der Waals surface area contributed by atoms with E-state index in [4.69, 9.17) is 294 Å². The summed E-state index contributed by atoms with van der Waals surface area (Å²) in [6.45, 7) is 1.07. The monoisotopic (exact) mass is 1180 g/mol. The predicted molar refractivity (Wildman–Crippen MR) is 507 cm³/mol. The third-order valence-electron chi connectivity index (χ3n) is 20.3. The van der Waals surface area contributed by atoms with Gasteiger partial charge < -0.3 is 23.7 Å². The van der Waals surface area contributed by atoms with Crippen molar-refractivity contribution in [2.24, 2.45) is 0 Å². The molecule has 70 radical (unpaired) electrons. The zero-order valence-corrected chi connectivity index (χ0v) is 57.8. The van der Waals surface area contributed by atoms with Gasteiger partial charge in [0.15, 0.2) is 23.0 Å². The zero-order valence-electron chi connectivity index (χ0n) is 57.8. The predicted octanol–water partition coefficient (Wildman–Crippen LogP) is -22.3. The molecule has 0 N–H and O–H groups in total. The fourth-order valence-electron chi connectivity index (χ4n) is 16.2. The third-order valence-corrected chi connectivity index (χ3v) is 20.3. The number of ether oxygens (including phenoxy) is 5. The fraction of sp³-hybridized carbons (Fsp3) is 0.458. The summed E-state index contributed by atoms with van der Waals surface area (Å²) in [5.41, 5.74) is 3.25. The molecule has 2 aromatic rings. The van der Waals surface area contributed by atoms with E-state index in [1.807, 2.05) is 24.3 Å². The topological polar surface area (TPSA) is 66.5 Å². The maximum Gasteiger partial charge on any atom is 0.231 e. The highest BCUT2D eigenvalue weighted by molar-refractivity contribution is 8.39. The molecular weight excluding hydrogens is 1130 g/mol. The van der Waals surface area contributed by atoms with Crippen molar-refractivity contribution in [2.75, 3.05) is 41.7 Å². The molecule has 0 bridgehead atoms. The average Bonchev–Trinajstić information content (AvgIpc) is 0.964. The van der Waals surface area contributed by atoms with Crippen LogP contribution in [0.15, 0.2) is 24.3 Å². The summed E-state index contributed by atoms with van der Waals surface area (Å²) < 4.78 is 27.6. The van der Waals surface area contributed by atoms with Crippen LogP contribution >= 0.6 is 0 Å². The van der Waals surface area contributed by atoms with Crippen molar-refractivity contribution in [1.29, 1.82) is 0 Å². The lowest BCUT2D eigenvalue weighted by atomic mass is 8.21. The lowest BCUT2D eigenvalue weighted by Crippen LogP contribution is -2.98. The van der Waals surface area contributed by atoms with Crippen LogP contribution in [0.5, 0.6) is 28.7 Å². The normalized spacial score (nSPS) is 12.1. The van der Waals surface area contributed by atoms with Crippen LogP contribution in [0.2, 0.25) is 0 Å². The quantitative estimate of drug-likeness (QED) is 0.0616. The number of rotatable bonds is 40. The Balaban J connectivity index is 0.000000672. The second-order valence-electron chi connectivity index (χ2n) is 26.9. The van der Waals surface area contributed by atoms with E-state index in [-0.39, 0.29) is 18.6 Å². The molecule has 4 rings (SSSR count). The molecule has 1 unspecified atom stereocenters. The first kappa shape index (κ1) is 94.7. The van der Waals surface area contributed by atoms with Crippen LogP contribution < -0.4 is 23.7 Å². The Kier molecular flexibility index (Phi) is 41.9. The summed E-state index contributed by atoms with van der Waals surface area (Å²) in [7, 11) is 242. The number of carbonyl (C=O) groups is 1. The smallest absolute Gasteiger partial charge is 0.231 e. The zero-order chi connectivity index (χ0) is 76.0. The van der Waals surface area contributed by atoms with Crippen LogP contribution in [0, 0.1) is 0 Å². The Labute approximate surface area is 658 Å². The Morgan fingerprint density at radius 2 is 0.717 bits per heavy atom. The molecule has 0 fully saturated rings. The molecule has 0 saturated carbocycles. The number of likely N-dealkylation sites (N-methyl/N-ethyl adjacent to an activating group) is 1. The molecule has 75 heteroatoms. The average molecular weight is 1160 g/mol. The first-order chi connectivity index (χ1) is 45.9. The molecule has 2 aliphatic heterocycles. The van der Waals surface area contributed by atoms with Gasteiger partial charge in [-0.3, -0.25) is 9.69 Å². The molecule has 1 atom stereocenters. The SMILES string of the molecule is COc1ccc(CCC(=O)CC2c3c(cc4c(c3OC)OCO4)CCN2C)cc1OC.[B]B([B])B([B])B(B(B([B])[B])B([B])[B])B(B(B([B])[B])B([B])[B])B(B(B(B([B])[B])B([B])[B])B(B([B])[B])B([B])[B])B(B(B(B([B])[B])B([B])[B])B(B([B])[B])B([B])[B])B(B(B([B])[B])B([B])[B])B(B([B])[B])B([B])[B].